The second kappa shape index (κ2) is 6.59. The highest BCUT2D eigenvalue weighted by Gasteiger charge is 2.33. The molecule has 1 aromatic heterocycles. The number of hydrogen-bond donors (Lipinski definition) is 0. The lowest BCUT2D eigenvalue weighted by atomic mass is 9.87. The van der Waals surface area contributed by atoms with E-state index in [0.717, 1.165) is 11.2 Å². The van der Waals surface area contributed by atoms with Crippen molar-refractivity contribution in [1.29, 1.82) is 0 Å². The maximum atomic E-state index is 13.9. The Morgan fingerprint density at radius 2 is 2.12 bits per heavy atom. The van der Waals surface area contributed by atoms with E-state index in [1.165, 1.54) is 26.6 Å². The van der Waals surface area contributed by atoms with Crippen molar-refractivity contribution < 1.29 is 18.7 Å². The van der Waals surface area contributed by atoms with E-state index in [2.05, 4.69) is 14.9 Å². The highest BCUT2D eigenvalue weighted by Crippen LogP contribution is 2.33. The molecule has 0 amide bonds. The van der Waals surface area contributed by atoms with Crippen LogP contribution in [0.3, 0.4) is 0 Å². The maximum absolute atomic E-state index is 13.9. The molecule has 0 saturated carbocycles. The molecule has 6 nitrogen and oxygen atoms in total. The molecule has 1 aromatic carbocycles. The first-order valence-electron chi connectivity index (χ1n) is 7.86. The summed E-state index contributed by atoms with van der Waals surface area (Å²) in [5, 5.41) is 0.736. The highest BCUT2D eigenvalue weighted by atomic mass is 19.1. The predicted octanol–water partition coefficient (Wildman–Crippen LogP) is 2.41. The van der Waals surface area contributed by atoms with Gasteiger partial charge in [0.1, 0.15) is 12.1 Å². The minimum atomic E-state index is -0.451. The van der Waals surface area contributed by atoms with Crippen molar-refractivity contribution in [3.63, 3.8) is 0 Å². The SMILES string of the molecule is COC(=O)C1CCN(c2ncnc3cc(F)c(OC)cc23)CC1C. The summed E-state index contributed by atoms with van der Waals surface area (Å²) in [6, 6.07) is 2.97. The van der Waals surface area contributed by atoms with Crippen LogP contribution in [-0.2, 0) is 9.53 Å². The summed E-state index contributed by atoms with van der Waals surface area (Å²) >= 11 is 0. The summed E-state index contributed by atoms with van der Waals surface area (Å²) in [4.78, 5) is 22.5. The minimum Gasteiger partial charge on any atom is -0.494 e. The van der Waals surface area contributed by atoms with Gasteiger partial charge in [-0.15, -0.1) is 0 Å². The Bertz CT molecular complexity index is 768. The fourth-order valence-electron chi connectivity index (χ4n) is 3.29. The van der Waals surface area contributed by atoms with Crippen LogP contribution in [-0.4, -0.2) is 43.2 Å². The molecule has 7 heteroatoms. The van der Waals surface area contributed by atoms with Gasteiger partial charge in [0.05, 0.1) is 25.7 Å². The molecule has 3 rings (SSSR count). The van der Waals surface area contributed by atoms with Crippen LogP contribution >= 0.6 is 0 Å². The van der Waals surface area contributed by atoms with E-state index in [1.54, 1.807) is 6.07 Å². The van der Waals surface area contributed by atoms with Crippen molar-refractivity contribution in [2.75, 3.05) is 32.2 Å². The Hall–Kier alpha value is -2.44. The summed E-state index contributed by atoms with van der Waals surface area (Å²) in [6.07, 6.45) is 2.12. The third-order valence-electron chi connectivity index (χ3n) is 4.60. The molecule has 1 fully saturated rings. The third kappa shape index (κ3) is 2.86. The first-order chi connectivity index (χ1) is 11.5. The van der Waals surface area contributed by atoms with Gasteiger partial charge in [-0.2, -0.15) is 0 Å². The number of rotatable bonds is 3. The first kappa shape index (κ1) is 16.4. The van der Waals surface area contributed by atoms with Crippen molar-refractivity contribution in [1.82, 2.24) is 9.97 Å². The number of carbonyl (C=O) groups excluding carboxylic acids is 1. The summed E-state index contributed by atoms with van der Waals surface area (Å²) in [5.74, 6) is 0.306. The van der Waals surface area contributed by atoms with Gasteiger partial charge in [-0.3, -0.25) is 4.79 Å². The molecule has 0 spiro atoms. The largest absolute Gasteiger partial charge is 0.494 e. The van der Waals surface area contributed by atoms with E-state index in [1.807, 2.05) is 6.92 Å². The second-order valence-corrected chi connectivity index (χ2v) is 6.04. The van der Waals surface area contributed by atoms with Crippen molar-refractivity contribution in [3.8, 4) is 5.75 Å². The first-order valence-corrected chi connectivity index (χ1v) is 7.86. The quantitative estimate of drug-likeness (QED) is 0.804. The third-order valence-corrected chi connectivity index (χ3v) is 4.60. The molecular formula is C17H20FN3O3. The second-order valence-electron chi connectivity index (χ2n) is 6.04. The van der Waals surface area contributed by atoms with Gasteiger partial charge in [0.15, 0.2) is 11.6 Å². The number of anilines is 1. The van der Waals surface area contributed by atoms with Crippen LogP contribution < -0.4 is 9.64 Å². The normalized spacial score (nSPS) is 20.9. The van der Waals surface area contributed by atoms with Gasteiger partial charge < -0.3 is 14.4 Å². The molecule has 2 atom stereocenters. The van der Waals surface area contributed by atoms with Gasteiger partial charge in [0, 0.05) is 24.5 Å². The molecule has 24 heavy (non-hydrogen) atoms. The smallest absolute Gasteiger partial charge is 0.309 e. The molecule has 1 aliphatic rings. The fourth-order valence-corrected chi connectivity index (χ4v) is 3.29. The van der Waals surface area contributed by atoms with Crippen molar-refractivity contribution >= 4 is 22.7 Å². The lowest BCUT2D eigenvalue weighted by molar-refractivity contribution is -0.147. The summed E-state index contributed by atoms with van der Waals surface area (Å²) in [5.41, 5.74) is 0.529. The van der Waals surface area contributed by atoms with Crippen LogP contribution in [0.5, 0.6) is 5.75 Å². The van der Waals surface area contributed by atoms with Crippen molar-refractivity contribution in [3.05, 3.63) is 24.3 Å². The number of ether oxygens (including phenoxy) is 2. The number of esters is 1. The van der Waals surface area contributed by atoms with Crippen molar-refractivity contribution in [2.45, 2.75) is 13.3 Å². The molecule has 0 bridgehead atoms. The van der Waals surface area contributed by atoms with Crippen LogP contribution in [0.1, 0.15) is 13.3 Å². The van der Waals surface area contributed by atoms with E-state index in [9.17, 15) is 9.18 Å². The number of hydrogen-bond acceptors (Lipinski definition) is 6. The zero-order valence-corrected chi connectivity index (χ0v) is 14.0. The molecule has 0 aliphatic carbocycles. The van der Waals surface area contributed by atoms with Crippen LogP contribution in [0.2, 0.25) is 0 Å². The van der Waals surface area contributed by atoms with E-state index in [4.69, 9.17) is 9.47 Å². The number of methoxy groups -OCH3 is 2. The number of carbonyl (C=O) groups is 1. The number of aromatic nitrogens is 2. The molecule has 2 aromatic rings. The molecule has 0 N–H and O–H groups in total. The summed E-state index contributed by atoms with van der Waals surface area (Å²) in [7, 11) is 2.85. The standard InChI is InChI=1S/C17H20FN3O3/c1-10-8-21(5-4-11(10)17(22)24-3)16-12-6-15(23-2)13(18)7-14(12)19-9-20-16/h6-7,9-11H,4-5,8H2,1-3H3. The van der Waals surface area contributed by atoms with Gasteiger partial charge in [0.25, 0.3) is 0 Å². The monoisotopic (exact) mass is 333 g/mol. The van der Waals surface area contributed by atoms with Gasteiger partial charge >= 0.3 is 5.97 Å². The predicted molar refractivity (Wildman–Crippen MR) is 87.5 cm³/mol. The zero-order valence-electron chi connectivity index (χ0n) is 14.0. The number of piperidine rings is 1. The fraction of sp³-hybridized carbons (Fsp3) is 0.471. The number of benzene rings is 1. The van der Waals surface area contributed by atoms with Gasteiger partial charge in [-0.1, -0.05) is 6.92 Å². The Morgan fingerprint density at radius 1 is 1.33 bits per heavy atom. The van der Waals surface area contributed by atoms with Gasteiger partial charge in [-0.05, 0) is 18.4 Å². The Labute approximate surface area is 139 Å². The molecule has 2 heterocycles. The number of halogens is 1. The maximum Gasteiger partial charge on any atom is 0.309 e. The van der Waals surface area contributed by atoms with Gasteiger partial charge in [0.2, 0.25) is 0 Å². The Kier molecular flexibility index (Phi) is 4.51. The average molecular weight is 333 g/mol. The van der Waals surface area contributed by atoms with Crippen LogP contribution in [0.15, 0.2) is 18.5 Å². The van der Waals surface area contributed by atoms with Crippen molar-refractivity contribution in [2.24, 2.45) is 11.8 Å². The average Bonchev–Trinajstić information content (AvgIpc) is 2.59. The molecule has 1 aliphatic heterocycles. The Balaban J connectivity index is 1.94. The van der Waals surface area contributed by atoms with E-state index >= 15 is 0 Å². The van der Waals surface area contributed by atoms with E-state index < -0.39 is 5.82 Å². The number of nitrogens with zero attached hydrogens (tertiary/aromatic N) is 3. The molecule has 0 radical (unpaired) electrons. The summed E-state index contributed by atoms with van der Waals surface area (Å²) < 4.78 is 23.8. The van der Waals surface area contributed by atoms with Crippen LogP contribution in [0.4, 0.5) is 10.2 Å². The number of fused-ring (bicyclic) bond motifs is 1. The van der Waals surface area contributed by atoms with Crippen LogP contribution in [0.25, 0.3) is 10.9 Å². The zero-order chi connectivity index (χ0) is 17.3. The van der Waals surface area contributed by atoms with E-state index in [-0.39, 0.29) is 23.6 Å². The molecule has 128 valence electrons. The molecule has 1 saturated heterocycles. The highest BCUT2D eigenvalue weighted by molar-refractivity contribution is 5.90. The van der Waals surface area contributed by atoms with Gasteiger partial charge in [-0.25, -0.2) is 14.4 Å². The summed E-state index contributed by atoms with van der Waals surface area (Å²) in [6.45, 7) is 3.37. The lowest BCUT2D eigenvalue weighted by Crippen LogP contribution is -2.43. The molecular weight excluding hydrogens is 313 g/mol. The van der Waals surface area contributed by atoms with Crippen LogP contribution in [0, 0.1) is 17.7 Å². The topological polar surface area (TPSA) is 64.5 Å². The van der Waals surface area contributed by atoms with E-state index in [0.29, 0.717) is 25.0 Å². The lowest BCUT2D eigenvalue weighted by Gasteiger charge is -2.36. The molecule has 2 unspecified atom stereocenters. The Morgan fingerprint density at radius 3 is 2.79 bits per heavy atom. The minimum absolute atomic E-state index is 0.105.